The summed E-state index contributed by atoms with van der Waals surface area (Å²) in [6.07, 6.45) is 5.35. The monoisotopic (exact) mass is 406 g/mol. The number of aliphatic hydroxyl groups is 3. The highest BCUT2D eigenvalue weighted by atomic mass is 19.1. The van der Waals surface area contributed by atoms with E-state index in [4.69, 9.17) is 9.84 Å². The highest BCUT2D eigenvalue weighted by Crippen LogP contribution is 2.11. The number of halogens is 1. The van der Waals surface area contributed by atoms with Crippen molar-refractivity contribution in [3.8, 4) is 17.6 Å². The van der Waals surface area contributed by atoms with Crippen molar-refractivity contribution >= 4 is 5.97 Å². The summed E-state index contributed by atoms with van der Waals surface area (Å²) in [7, 11) is 0. The molecule has 0 heterocycles. The van der Waals surface area contributed by atoms with E-state index in [0.717, 1.165) is 0 Å². The minimum absolute atomic E-state index is 0.00121. The maximum atomic E-state index is 12.8. The second-order valence-electron chi connectivity index (χ2n) is 5.69. The van der Waals surface area contributed by atoms with Crippen LogP contribution in [0.2, 0.25) is 0 Å². The van der Waals surface area contributed by atoms with E-state index in [0.29, 0.717) is 5.75 Å². The third-order valence-electron chi connectivity index (χ3n) is 3.23. The van der Waals surface area contributed by atoms with Crippen LogP contribution in [0.25, 0.3) is 0 Å². The number of allylic oxidation sites excluding steroid dienone is 4. The summed E-state index contributed by atoms with van der Waals surface area (Å²) in [5.41, 5.74) is 0. The quantitative estimate of drug-likeness (QED) is 0.321. The van der Waals surface area contributed by atoms with Gasteiger partial charge in [0.25, 0.3) is 0 Å². The van der Waals surface area contributed by atoms with Gasteiger partial charge < -0.3 is 29.9 Å². The molecule has 0 aromatic heterocycles. The van der Waals surface area contributed by atoms with E-state index in [2.05, 4.69) is 16.6 Å². The Morgan fingerprint density at radius 2 is 1.72 bits per heavy atom. The minimum atomic E-state index is -1.24. The number of benzene rings is 1. The lowest BCUT2D eigenvalue weighted by molar-refractivity contribution is -0.143. The van der Waals surface area contributed by atoms with Gasteiger partial charge in [-0.1, -0.05) is 30.1 Å². The molecule has 0 bridgehead atoms. The Labute approximate surface area is 168 Å². The molecule has 0 aliphatic rings. The molecule has 0 fully saturated rings. The van der Waals surface area contributed by atoms with Crippen molar-refractivity contribution in [1.29, 1.82) is 0 Å². The van der Waals surface area contributed by atoms with Gasteiger partial charge in [-0.2, -0.15) is 0 Å². The largest absolute Gasteiger partial charge is 0.491 e. The first-order valence-electron chi connectivity index (χ1n) is 8.61. The third kappa shape index (κ3) is 12.2. The number of carboxylic acid groups (broad SMARTS) is 1. The highest BCUT2D eigenvalue weighted by Gasteiger charge is 2.13. The molecule has 1 rings (SSSR count). The van der Waals surface area contributed by atoms with E-state index < -0.39 is 30.9 Å². The van der Waals surface area contributed by atoms with Crippen molar-refractivity contribution in [2.75, 3.05) is 19.8 Å². The third-order valence-corrected chi connectivity index (χ3v) is 3.23. The van der Waals surface area contributed by atoms with Gasteiger partial charge in [0, 0.05) is 0 Å². The van der Waals surface area contributed by atoms with E-state index in [1.807, 2.05) is 0 Å². The Balaban J connectivity index is 2.27. The normalized spacial score (nSPS) is 14.6. The smallest absolute Gasteiger partial charge is 0.329 e. The summed E-state index contributed by atoms with van der Waals surface area (Å²) in [6, 6.07) is 5.44. The lowest BCUT2D eigenvalue weighted by Crippen LogP contribution is -2.29. The average molecular weight is 406 g/mol. The van der Waals surface area contributed by atoms with Crippen LogP contribution in [0.15, 0.2) is 60.7 Å². The predicted octanol–water partition coefficient (Wildman–Crippen LogP) is 1.06. The summed E-state index contributed by atoms with van der Waals surface area (Å²) in [6.45, 7) is -0.859. The predicted molar refractivity (Wildman–Crippen MR) is 104 cm³/mol. The molecule has 3 unspecified atom stereocenters. The first-order valence-corrected chi connectivity index (χ1v) is 8.61. The van der Waals surface area contributed by atoms with E-state index in [1.54, 1.807) is 0 Å². The zero-order valence-corrected chi connectivity index (χ0v) is 15.5. The topological polar surface area (TPSA) is 116 Å². The number of aliphatic hydroxyl groups excluding tert-OH is 3. The summed E-state index contributed by atoms with van der Waals surface area (Å²) >= 11 is 0. The van der Waals surface area contributed by atoms with Gasteiger partial charge in [-0.3, -0.25) is 0 Å². The highest BCUT2D eigenvalue weighted by molar-refractivity contribution is 5.67. The fourth-order valence-electron chi connectivity index (χ4n) is 1.80. The van der Waals surface area contributed by atoms with Crippen molar-refractivity contribution in [2.45, 2.75) is 18.3 Å². The minimum Gasteiger partial charge on any atom is -0.491 e. The molecule has 0 spiro atoms. The van der Waals surface area contributed by atoms with Crippen molar-refractivity contribution in [3.05, 3.63) is 66.5 Å². The Kier molecular flexibility index (Phi) is 11.7. The number of hydrogen-bond acceptors (Lipinski definition) is 6. The van der Waals surface area contributed by atoms with Crippen LogP contribution in [0, 0.1) is 17.7 Å². The Bertz CT molecular complexity index is 759. The van der Waals surface area contributed by atoms with Crippen molar-refractivity contribution in [2.24, 2.45) is 0 Å². The molecular formula is C21H23FO7. The fourth-order valence-corrected chi connectivity index (χ4v) is 1.80. The van der Waals surface area contributed by atoms with E-state index in [-0.39, 0.29) is 19.0 Å². The van der Waals surface area contributed by atoms with E-state index >= 15 is 0 Å². The molecule has 7 nitrogen and oxygen atoms in total. The number of carboxylic acids is 1. The first kappa shape index (κ1) is 24.1. The lowest BCUT2D eigenvalue weighted by Gasteiger charge is -2.13. The second-order valence-corrected chi connectivity index (χ2v) is 5.69. The molecule has 3 atom stereocenters. The van der Waals surface area contributed by atoms with Gasteiger partial charge >= 0.3 is 5.97 Å². The molecule has 156 valence electrons. The average Bonchev–Trinajstić information content (AvgIpc) is 2.69. The van der Waals surface area contributed by atoms with E-state index in [9.17, 15) is 24.5 Å². The summed E-state index contributed by atoms with van der Waals surface area (Å²) in [5.74, 6) is 4.26. The fraction of sp³-hybridized carbons (Fsp3) is 0.286. The van der Waals surface area contributed by atoms with Crippen LogP contribution in [0.5, 0.6) is 5.75 Å². The number of rotatable bonds is 11. The molecular weight excluding hydrogens is 383 g/mol. The molecule has 0 saturated heterocycles. The van der Waals surface area contributed by atoms with Crippen LogP contribution in [0.4, 0.5) is 4.39 Å². The zero-order chi connectivity index (χ0) is 21.5. The molecule has 0 radical (unpaired) electrons. The molecule has 0 aliphatic heterocycles. The van der Waals surface area contributed by atoms with Crippen LogP contribution in [0.1, 0.15) is 0 Å². The standard InChI is InChI=1S/C21H23FO7/c22-16-9-11-18(12-10-16)29-13-17(23)7-5-3-1-2-4-6-8-19(24)20(25)14-28-15-21(26)27/h2,4-12,17,19-20,23-25H,13-15H2,(H,26,27)/b4-2+,7-5+,8-6+. The Hall–Kier alpha value is -2.96. The molecule has 0 aliphatic carbocycles. The lowest BCUT2D eigenvalue weighted by atomic mass is 10.2. The summed E-state index contributed by atoms with van der Waals surface area (Å²) in [4.78, 5) is 10.3. The number of ether oxygens (including phenoxy) is 2. The summed E-state index contributed by atoms with van der Waals surface area (Å²) in [5, 5.41) is 37.3. The van der Waals surface area contributed by atoms with Gasteiger partial charge in [0.15, 0.2) is 0 Å². The maximum Gasteiger partial charge on any atom is 0.329 e. The van der Waals surface area contributed by atoms with Gasteiger partial charge in [0.2, 0.25) is 0 Å². The molecule has 8 heteroatoms. The molecule has 4 N–H and O–H groups in total. The van der Waals surface area contributed by atoms with Crippen LogP contribution in [0.3, 0.4) is 0 Å². The molecule has 0 amide bonds. The summed E-state index contributed by atoms with van der Waals surface area (Å²) < 4.78 is 22.7. The second kappa shape index (κ2) is 14.1. The number of aliphatic carboxylic acids is 1. The van der Waals surface area contributed by atoms with Crippen molar-refractivity contribution in [1.82, 2.24) is 0 Å². The van der Waals surface area contributed by atoms with Crippen LogP contribution in [-0.2, 0) is 9.53 Å². The molecule has 1 aromatic rings. The number of hydrogen-bond donors (Lipinski definition) is 4. The van der Waals surface area contributed by atoms with Gasteiger partial charge in [0.1, 0.15) is 43.1 Å². The van der Waals surface area contributed by atoms with Crippen molar-refractivity contribution < 1.29 is 39.1 Å². The Morgan fingerprint density at radius 1 is 1.03 bits per heavy atom. The van der Waals surface area contributed by atoms with Gasteiger partial charge in [-0.15, -0.1) is 0 Å². The first-order chi connectivity index (χ1) is 13.9. The van der Waals surface area contributed by atoms with Crippen LogP contribution < -0.4 is 4.74 Å². The Morgan fingerprint density at radius 3 is 2.41 bits per heavy atom. The maximum absolute atomic E-state index is 12.8. The van der Waals surface area contributed by atoms with Crippen molar-refractivity contribution in [3.63, 3.8) is 0 Å². The van der Waals surface area contributed by atoms with Gasteiger partial charge in [-0.05, 0) is 42.5 Å². The SMILES string of the molecule is O=C(O)COCC(O)C(O)/C=C/C=C/C#C/C=C/C(O)COc1ccc(F)cc1. The van der Waals surface area contributed by atoms with E-state index in [1.165, 1.54) is 60.7 Å². The molecule has 1 aromatic carbocycles. The van der Waals surface area contributed by atoms with Crippen LogP contribution in [-0.4, -0.2) is 64.5 Å². The van der Waals surface area contributed by atoms with Gasteiger partial charge in [-0.25, -0.2) is 9.18 Å². The van der Waals surface area contributed by atoms with Gasteiger partial charge in [0.05, 0.1) is 6.61 Å². The molecule has 29 heavy (non-hydrogen) atoms. The molecule has 0 saturated carbocycles. The van der Waals surface area contributed by atoms with Crippen LogP contribution >= 0.6 is 0 Å². The number of carbonyl (C=O) groups is 1. The zero-order valence-electron chi connectivity index (χ0n) is 15.5.